The van der Waals surface area contributed by atoms with E-state index in [2.05, 4.69) is 15.5 Å². The summed E-state index contributed by atoms with van der Waals surface area (Å²) in [6.07, 6.45) is 3.76. The molecule has 0 unspecified atom stereocenters. The molecule has 1 aliphatic rings. The van der Waals surface area contributed by atoms with Gasteiger partial charge in [-0.2, -0.15) is 0 Å². The number of benzene rings is 1. The van der Waals surface area contributed by atoms with Crippen LogP contribution in [0.2, 0.25) is 0 Å². The average molecular weight is 341 g/mol. The Morgan fingerprint density at radius 1 is 1.16 bits per heavy atom. The third-order valence-electron chi connectivity index (χ3n) is 4.37. The molecule has 2 heterocycles. The van der Waals surface area contributed by atoms with Crippen molar-refractivity contribution in [1.82, 2.24) is 10.2 Å². The lowest BCUT2D eigenvalue weighted by atomic mass is 10.2. The van der Waals surface area contributed by atoms with Crippen molar-refractivity contribution in [3.8, 4) is 0 Å². The highest BCUT2D eigenvalue weighted by atomic mass is 16.3. The molecule has 1 aromatic heterocycles. The van der Waals surface area contributed by atoms with Gasteiger partial charge in [-0.3, -0.25) is 14.5 Å². The molecule has 0 aliphatic carbocycles. The third kappa shape index (κ3) is 4.93. The van der Waals surface area contributed by atoms with Crippen molar-refractivity contribution in [2.24, 2.45) is 0 Å². The molecule has 0 spiro atoms. The van der Waals surface area contributed by atoms with Gasteiger partial charge in [0.05, 0.1) is 18.8 Å². The fourth-order valence-electron chi connectivity index (χ4n) is 3.09. The Labute approximate surface area is 147 Å². The van der Waals surface area contributed by atoms with Gasteiger partial charge in [0.25, 0.3) is 0 Å². The highest BCUT2D eigenvalue weighted by molar-refractivity contribution is 5.90. The number of amides is 2. The summed E-state index contributed by atoms with van der Waals surface area (Å²) in [6, 6.07) is 12.9. The summed E-state index contributed by atoms with van der Waals surface area (Å²) in [5.41, 5.74) is 0.793. The maximum Gasteiger partial charge on any atom is 0.237 e. The number of para-hydroxylation sites is 1. The zero-order chi connectivity index (χ0) is 17.5. The van der Waals surface area contributed by atoms with Gasteiger partial charge in [0.2, 0.25) is 11.8 Å². The predicted molar refractivity (Wildman–Crippen MR) is 94.8 cm³/mol. The third-order valence-corrected chi connectivity index (χ3v) is 4.37. The molecule has 132 valence electrons. The van der Waals surface area contributed by atoms with Gasteiger partial charge in [-0.25, -0.2) is 0 Å². The van der Waals surface area contributed by atoms with Crippen molar-refractivity contribution in [2.45, 2.75) is 31.8 Å². The van der Waals surface area contributed by atoms with Crippen molar-refractivity contribution in [2.75, 3.05) is 18.4 Å². The topological polar surface area (TPSA) is 74.6 Å². The molecule has 1 aliphatic heterocycles. The SMILES string of the molecule is O=C(CCN1CCC[C@@H]1C(=O)NCc1ccco1)Nc1ccccc1. The number of nitrogens with zero attached hydrogens (tertiary/aromatic N) is 1. The first kappa shape index (κ1) is 17.2. The molecule has 1 saturated heterocycles. The maximum atomic E-state index is 12.4. The van der Waals surface area contributed by atoms with E-state index in [0.717, 1.165) is 30.8 Å². The van der Waals surface area contributed by atoms with Crippen LogP contribution in [-0.4, -0.2) is 35.8 Å². The molecule has 0 bridgehead atoms. The van der Waals surface area contributed by atoms with Crippen LogP contribution in [-0.2, 0) is 16.1 Å². The number of hydrogen-bond acceptors (Lipinski definition) is 4. The summed E-state index contributed by atoms with van der Waals surface area (Å²) < 4.78 is 5.23. The second kappa shape index (κ2) is 8.48. The number of hydrogen-bond donors (Lipinski definition) is 2. The van der Waals surface area contributed by atoms with Crippen LogP contribution in [0.1, 0.15) is 25.0 Å². The molecule has 25 heavy (non-hydrogen) atoms. The van der Waals surface area contributed by atoms with Crippen LogP contribution in [0.25, 0.3) is 0 Å². The quantitative estimate of drug-likeness (QED) is 0.811. The van der Waals surface area contributed by atoms with Crippen LogP contribution in [0.15, 0.2) is 53.1 Å². The Morgan fingerprint density at radius 2 is 2.00 bits per heavy atom. The van der Waals surface area contributed by atoms with E-state index in [4.69, 9.17) is 4.42 Å². The fraction of sp³-hybridized carbons (Fsp3) is 0.368. The number of furan rings is 1. The minimum absolute atomic E-state index is 0.00244. The van der Waals surface area contributed by atoms with Gasteiger partial charge < -0.3 is 15.1 Å². The number of nitrogens with one attached hydrogen (secondary N) is 2. The molecule has 1 atom stereocenters. The summed E-state index contributed by atoms with van der Waals surface area (Å²) in [5, 5.41) is 5.78. The van der Waals surface area contributed by atoms with E-state index >= 15 is 0 Å². The Hall–Kier alpha value is -2.60. The van der Waals surface area contributed by atoms with E-state index in [1.807, 2.05) is 36.4 Å². The number of anilines is 1. The van der Waals surface area contributed by atoms with E-state index in [0.29, 0.717) is 19.5 Å². The van der Waals surface area contributed by atoms with Gasteiger partial charge in [-0.05, 0) is 43.7 Å². The molecule has 3 rings (SSSR count). The monoisotopic (exact) mass is 341 g/mol. The lowest BCUT2D eigenvalue weighted by Crippen LogP contribution is -2.43. The largest absolute Gasteiger partial charge is 0.467 e. The zero-order valence-corrected chi connectivity index (χ0v) is 14.1. The molecular weight excluding hydrogens is 318 g/mol. The first-order valence-corrected chi connectivity index (χ1v) is 8.61. The Bertz CT molecular complexity index is 685. The Kier molecular flexibility index (Phi) is 5.85. The maximum absolute atomic E-state index is 12.4. The lowest BCUT2D eigenvalue weighted by molar-refractivity contribution is -0.126. The van der Waals surface area contributed by atoms with Crippen LogP contribution < -0.4 is 10.6 Å². The highest BCUT2D eigenvalue weighted by Crippen LogP contribution is 2.18. The first-order chi connectivity index (χ1) is 12.2. The Morgan fingerprint density at radius 3 is 2.76 bits per heavy atom. The standard InChI is InChI=1S/C19H23N3O3/c23-18(21-15-6-2-1-3-7-15)10-12-22-11-4-9-17(22)19(24)20-14-16-8-5-13-25-16/h1-3,5-8,13,17H,4,9-12,14H2,(H,20,24)(H,21,23)/t17-/m1/s1. The van der Waals surface area contributed by atoms with Crippen LogP contribution in [0, 0.1) is 0 Å². The summed E-state index contributed by atoms with van der Waals surface area (Å²) in [7, 11) is 0. The van der Waals surface area contributed by atoms with Gasteiger partial charge in [-0.1, -0.05) is 18.2 Å². The summed E-state index contributed by atoms with van der Waals surface area (Å²) in [6.45, 7) is 1.82. The number of rotatable bonds is 7. The van der Waals surface area contributed by atoms with Crippen LogP contribution in [0.3, 0.4) is 0 Å². The molecule has 1 aromatic carbocycles. The zero-order valence-electron chi connectivity index (χ0n) is 14.1. The number of likely N-dealkylation sites (tertiary alicyclic amines) is 1. The summed E-state index contributed by atoms with van der Waals surface area (Å²) in [5.74, 6) is 0.699. The van der Waals surface area contributed by atoms with Gasteiger partial charge in [0.1, 0.15) is 5.76 Å². The molecular formula is C19H23N3O3. The number of carbonyl (C=O) groups excluding carboxylic acids is 2. The van der Waals surface area contributed by atoms with Crippen molar-refractivity contribution in [3.63, 3.8) is 0 Å². The van der Waals surface area contributed by atoms with Gasteiger partial charge in [0.15, 0.2) is 0 Å². The van der Waals surface area contributed by atoms with E-state index in [9.17, 15) is 9.59 Å². The van der Waals surface area contributed by atoms with Crippen LogP contribution >= 0.6 is 0 Å². The minimum Gasteiger partial charge on any atom is -0.467 e. The van der Waals surface area contributed by atoms with Crippen LogP contribution in [0.5, 0.6) is 0 Å². The van der Waals surface area contributed by atoms with Crippen LogP contribution in [0.4, 0.5) is 5.69 Å². The van der Waals surface area contributed by atoms with E-state index in [-0.39, 0.29) is 17.9 Å². The molecule has 2 N–H and O–H groups in total. The summed E-state index contributed by atoms with van der Waals surface area (Å²) in [4.78, 5) is 26.6. The van der Waals surface area contributed by atoms with E-state index < -0.39 is 0 Å². The first-order valence-electron chi connectivity index (χ1n) is 8.61. The molecule has 2 aromatic rings. The summed E-state index contributed by atoms with van der Waals surface area (Å²) >= 11 is 0. The fourth-order valence-corrected chi connectivity index (χ4v) is 3.09. The second-order valence-electron chi connectivity index (χ2n) is 6.16. The predicted octanol–water partition coefficient (Wildman–Crippen LogP) is 2.39. The van der Waals surface area contributed by atoms with E-state index in [1.165, 1.54) is 0 Å². The van der Waals surface area contributed by atoms with Gasteiger partial charge in [0, 0.05) is 18.7 Å². The normalized spacial score (nSPS) is 17.4. The highest BCUT2D eigenvalue weighted by Gasteiger charge is 2.30. The average Bonchev–Trinajstić information content (AvgIpc) is 3.30. The van der Waals surface area contributed by atoms with Gasteiger partial charge >= 0.3 is 0 Å². The van der Waals surface area contributed by atoms with Crippen molar-refractivity contribution >= 4 is 17.5 Å². The van der Waals surface area contributed by atoms with E-state index in [1.54, 1.807) is 12.3 Å². The van der Waals surface area contributed by atoms with Crippen molar-refractivity contribution in [3.05, 3.63) is 54.5 Å². The molecule has 2 amide bonds. The Balaban J connectivity index is 1.44. The molecule has 0 saturated carbocycles. The molecule has 1 fully saturated rings. The van der Waals surface area contributed by atoms with Crippen molar-refractivity contribution < 1.29 is 14.0 Å². The minimum atomic E-state index is -0.167. The smallest absolute Gasteiger partial charge is 0.237 e. The number of carbonyl (C=O) groups is 2. The molecule has 6 heteroatoms. The van der Waals surface area contributed by atoms with Crippen molar-refractivity contribution in [1.29, 1.82) is 0 Å². The lowest BCUT2D eigenvalue weighted by Gasteiger charge is -2.23. The molecule has 6 nitrogen and oxygen atoms in total. The second-order valence-corrected chi connectivity index (χ2v) is 6.16. The molecule has 0 radical (unpaired) electrons. The van der Waals surface area contributed by atoms with Gasteiger partial charge in [-0.15, -0.1) is 0 Å².